The minimum absolute atomic E-state index is 0.212. The predicted octanol–water partition coefficient (Wildman–Crippen LogP) is 3.85. The summed E-state index contributed by atoms with van der Waals surface area (Å²) in [4.78, 5) is 30.8. The van der Waals surface area contributed by atoms with Gasteiger partial charge in [-0.3, -0.25) is 14.6 Å². The lowest BCUT2D eigenvalue weighted by atomic mass is 10.1. The third kappa shape index (κ3) is 4.90. The van der Waals surface area contributed by atoms with E-state index < -0.39 is 0 Å². The highest BCUT2D eigenvalue weighted by Gasteiger charge is 2.16. The molecule has 0 unspecified atom stereocenters. The van der Waals surface area contributed by atoms with Gasteiger partial charge in [-0.1, -0.05) is 18.2 Å². The van der Waals surface area contributed by atoms with Crippen molar-refractivity contribution in [1.29, 1.82) is 0 Å². The fraction of sp³-hybridized carbons (Fsp3) is 0.261. The van der Waals surface area contributed by atoms with E-state index in [1.807, 2.05) is 56.3 Å². The second kappa shape index (κ2) is 8.73. The molecular weight excluding hydrogens is 366 g/mol. The number of pyridine rings is 1. The molecule has 2 amide bonds. The number of hydrogen-bond acceptors (Lipinski definition) is 4. The molecule has 0 aliphatic carbocycles. The smallest absolute Gasteiger partial charge is 0.233 e. The van der Waals surface area contributed by atoms with Gasteiger partial charge in [0, 0.05) is 30.9 Å². The van der Waals surface area contributed by atoms with E-state index >= 15 is 0 Å². The van der Waals surface area contributed by atoms with Gasteiger partial charge in [0.25, 0.3) is 0 Å². The lowest BCUT2D eigenvalue weighted by molar-refractivity contribution is -0.133. The van der Waals surface area contributed by atoms with Crippen LogP contribution in [-0.2, 0) is 16.1 Å². The summed E-state index contributed by atoms with van der Waals surface area (Å²) >= 11 is 0. The average Bonchev–Trinajstić information content (AvgIpc) is 2.67. The summed E-state index contributed by atoms with van der Waals surface area (Å²) in [7, 11) is 3.30. The Morgan fingerprint density at radius 3 is 2.52 bits per heavy atom. The van der Waals surface area contributed by atoms with E-state index in [4.69, 9.17) is 4.74 Å². The average molecular weight is 391 g/mol. The van der Waals surface area contributed by atoms with E-state index in [1.165, 1.54) is 0 Å². The maximum absolute atomic E-state index is 12.6. The number of aryl methyl sites for hydroxylation is 2. The first-order chi connectivity index (χ1) is 13.9. The number of fused-ring (bicyclic) bond motifs is 1. The molecule has 0 bridgehead atoms. The van der Waals surface area contributed by atoms with Gasteiger partial charge < -0.3 is 15.0 Å². The number of ether oxygens (including phenoxy) is 1. The minimum atomic E-state index is -0.326. The number of anilines is 1. The molecule has 3 aromatic rings. The topological polar surface area (TPSA) is 71.5 Å². The molecule has 1 heterocycles. The Kier molecular flexibility index (Phi) is 6.12. The molecule has 0 spiro atoms. The maximum Gasteiger partial charge on any atom is 0.233 e. The standard InChI is InChI=1S/C23H25N3O3/c1-15-10-16(2)12-18(11-15)25-21(27)13-22(28)26(3)14-17-7-8-20(29-4)23-19(17)6-5-9-24-23/h5-12H,13-14H2,1-4H3,(H,25,27). The van der Waals surface area contributed by atoms with Crippen molar-refractivity contribution in [2.45, 2.75) is 26.8 Å². The van der Waals surface area contributed by atoms with Crippen LogP contribution in [0, 0.1) is 13.8 Å². The van der Waals surface area contributed by atoms with Gasteiger partial charge in [-0.05, 0) is 54.8 Å². The third-order valence-corrected chi connectivity index (χ3v) is 4.69. The number of methoxy groups -OCH3 is 1. The lowest BCUT2D eigenvalue weighted by Gasteiger charge is -2.19. The number of nitrogens with one attached hydrogen (secondary N) is 1. The summed E-state index contributed by atoms with van der Waals surface area (Å²) in [5.41, 5.74) is 4.52. The van der Waals surface area contributed by atoms with Crippen LogP contribution in [0.2, 0.25) is 0 Å². The van der Waals surface area contributed by atoms with Crippen LogP contribution >= 0.6 is 0 Å². The predicted molar refractivity (Wildman–Crippen MR) is 114 cm³/mol. The van der Waals surface area contributed by atoms with Crippen molar-refractivity contribution >= 4 is 28.4 Å². The molecule has 6 heteroatoms. The number of carbonyl (C=O) groups is 2. The van der Waals surface area contributed by atoms with Crippen LogP contribution in [0.5, 0.6) is 5.75 Å². The molecule has 6 nitrogen and oxygen atoms in total. The number of rotatable bonds is 6. The van der Waals surface area contributed by atoms with Crippen molar-refractivity contribution in [3.8, 4) is 5.75 Å². The van der Waals surface area contributed by atoms with Crippen molar-refractivity contribution in [2.24, 2.45) is 0 Å². The van der Waals surface area contributed by atoms with Crippen LogP contribution in [0.25, 0.3) is 10.9 Å². The summed E-state index contributed by atoms with van der Waals surface area (Å²) in [6.07, 6.45) is 1.50. The SMILES string of the molecule is COc1ccc(CN(C)C(=O)CC(=O)Nc2cc(C)cc(C)c2)c2cccnc12. The molecule has 0 saturated heterocycles. The Balaban J connectivity index is 1.68. The molecule has 1 N–H and O–H groups in total. The molecule has 0 aliphatic rings. The Bertz CT molecular complexity index is 1040. The molecule has 2 aromatic carbocycles. The van der Waals surface area contributed by atoms with Crippen LogP contribution in [0.15, 0.2) is 48.7 Å². The van der Waals surface area contributed by atoms with Crippen LogP contribution in [0.1, 0.15) is 23.1 Å². The summed E-state index contributed by atoms with van der Waals surface area (Å²) in [6, 6.07) is 13.4. The lowest BCUT2D eigenvalue weighted by Crippen LogP contribution is -2.30. The van der Waals surface area contributed by atoms with Crippen LogP contribution < -0.4 is 10.1 Å². The molecule has 0 radical (unpaired) electrons. The van der Waals surface area contributed by atoms with Crippen molar-refractivity contribution in [1.82, 2.24) is 9.88 Å². The van der Waals surface area contributed by atoms with Gasteiger partial charge in [-0.15, -0.1) is 0 Å². The number of amides is 2. The van der Waals surface area contributed by atoms with E-state index in [-0.39, 0.29) is 18.2 Å². The number of benzene rings is 2. The first kappa shape index (κ1) is 20.3. The molecule has 150 valence electrons. The van der Waals surface area contributed by atoms with Crippen LogP contribution in [0.4, 0.5) is 5.69 Å². The van der Waals surface area contributed by atoms with Gasteiger partial charge in [-0.25, -0.2) is 0 Å². The quantitative estimate of drug-likeness (QED) is 0.648. The Morgan fingerprint density at radius 2 is 1.83 bits per heavy atom. The van der Waals surface area contributed by atoms with Crippen molar-refractivity contribution < 1.29 is 14.3 Å². The first-order valence-corrected chi connectivity index (χ1v) is 9.40. The summed E-state index contributed by atoms with van der Waals surface area (Å²) in [5.74, 6) is 0.110. The largest absolute Gasteiger partial charge is 0.494 e. The first-order valence-electron chi connectivity index (χ1n) is 9.40. The van der Waals surface area contributed by atoms with Crippen molar-refractivity contribution in [3.63, 3.8) is 0 Å². The monoisotopic (exact) mass is 391 g/mol. The van der Waals surface area contributed by atoms with Gasteiger partial charge in [0.05, 0.1) is 7.11 Å². The molecular formula is C23H25N3O3. The fourth-order valence-electron chi connectivity index (χ4n) is 3.38. The van der Waals surface area contributed by atoms with Crippen LogP contribution in [-0.4, -0.2) is 35.9 Å². The number of hydrogen-bond donors (Lipinski definition) is 1. The highest BCUT2D eigenvalue weighted by Crippen LogP contribution is 2.27. The van der Waals surface area contributed by atoms with E-state index in [2.05, 4.69) is 10.3 Å². The van der Waals surface area contributed by atoms with Gasteiger partial charge in [0.15, 0.2) is 0 Å². The Labute approximate surface area is 170 Å². The minimum Gasteiger partial charge on any atom is -0.494 e. The van der Waals surface area contributed by atoms with Gasteiger partial charge in [-0.2, -0.15) is 0 Å². The van der Waals surface area contributed by atoms with E-state index in [0.717, 1.165) is 27.6 Å². The summed E-state index contributed by atoms with van der Waals surface area (Å²) in [5, 5.41) is 3.73. The van der Waals surface area contributed by atoms with Gasteiger partial charge in [0.1, 0.15) is 17.7 Å². The highest BCUT2D eigenvalue weighted by molar-refractivity contribution is 6.03. The van der Waals surface area contributed by atoms with Gasteiger partial charge >= 0.3 is 0 Å². The normalized spacial score (nSPS) is 10.6. The van der Waals surface area contributed by atoms with Gasteiger partial charge in [0.2, 0.25) is 11.8 Å². The third-order valence-electron chi connectivity index (χ3n) is 4.69. The maximum atomic E-state index is 12.6. The molecule has 0 aliphatic heterocycles. The summed E-state index contributed by atoms with van der Waals surface area (Å²) < 4.78 is 5.36. The molecule has 1 aromatic heterocycles. The van der Waals surface area contributed by atoms with Crippen molar-refractivity contribution in [2.75, 3.05) is 19.5 Å². The zero-order valence-electron chi connectivity index (χ0n) is 17.2. The molecule has 0 saturated carbocycles. The van der Waals surface area contributed by atoms with Crippen LogP contribution in [0.3, 0.4) is 0 Å². The summed E-state index contributed by atoms with van der Waals surface area (Å²) in [6.45, 7) is 4.31. The Morgan fingerprint density at radius 1 is 1.10 bits per heavy atom. The number of aromatic nitrogens is 1. The van der Waals surface area contributed by atoms with E-state index in [9.17, 15) is 9.59 Å². The second-order valence-corrected chi connectivity index (χ2v) is 7.18. The Hall–Kier alpha value is -3.41. The highest BCUT2D eigenvalue weighted by atomic mass is 16.5. The van der Waals surface area contributed by atoms with E-state index in [1.54, 1.807) is 25.3 Å². The number of nitrogens with zero attached hydrogens (tertiary/aromatic N) is 2. The zero-order chi connectivity index (χ0) is 21.0. The molecule has 3 rings (SSSR count). The van der Waals surface area contributed by atoms with Crippen molar-refractivity contribution in [3.05, 3.63) is 65.4 Å². The molecule has 29 heavy (non-hydrogen) atoms. The molecule has 0 fully saturated rings. The zero-order valence-corrected chi connectivity index (χ0v) is 17.2. The fourth-order valence-corrected chi connectivity index (χ4v) is 3.38. The van der Waals surface area contributed by atoms with E-state index in [0.29, 0.717) is 18.0 Å². The second-order valence-electron chi connectivity index (χ2n) is 7.18. The molecule has 0 atom stereocenters. The number of carbonyl (C=O) groups excluding carboxylic acids is 2.